The van der Waals surface area contributed by atoms with E-state index in [0.717, 1.165) is 12.3 Å². The van der Waals surface area contributed by atoms with E-state index >= 15 is 0 Å². The van der Waals surface area contributed by atoms with Crippen molar-refractivity contribution in [1.29, 1.82) is 0 Å². The van der Waals surface area contributed by atoms with Gasteiger partial charge < -0.3 is 0 Å². The topological polar surface area (TPSA) is 59.1 Å². The number of rotatable bonds is 4. The fraction of sp³-hybridized carbons (Fsp3) is 0.0833. The highest BCUT2D eigenvalue weighted by atomic mass is 32.2. The summed E-state index contributed by atoms with van der Waals surface area (Å²) in [6.45, 7) is 0. The molecule has 0 spiro atoms. The minimum Gasteiger partial charge on any atom is -0.278 e. The summed E-state index contributed by atoms with van der Waals surface area (Å²) in [5.74, 6) is 0. The normalized spacial score (nSPS) is 11.5. The molecule has 7 heteroatoms. The lowest BCUT2D eigenvalue weighted by Crippen LogP contribution is -2.13. The van der Waals surface area contributed by atoms with Crippen molar-refractivity contribution in [1.82, 2.24) is 4.98 Å². The zero-order valence-electron chi connectivity index (χ0n) is 9.62. The largest absolute Gasteiger partial charge is 0.278 e. The van der Waals surface area contributed by atoms with E-state index in [-0.39, 0.29) is 16.1 Å². The molecule has 1 heterocycles. The molecule has 0 fully saturated rings. The lowest BCUT2D eigenvalue weighted by molar-refractivity contribution is 0.151. The fourth-order valence-electron chi connectivity index (χ4n) is 1.45. The van der Waals surface area contributed by atoms with Gasteiger partial charge in [0.05, 0.1) is 16.8 Å². The van der Waals surface area contributed by atoms with Gasteiger partial charge in [-0.3, -0.25) is 9.71 Å². The predicted octanol–water partition coefficient (Wildman–Crippen LogP) is 2.82. The fourth-order valence-corrected chi connectivity index (χ4v) is 2.50. The van der Waals surface area contributed by atoms with Gasteiger partial charge in [-0.25, -0.2) is 17.2 Å². The summed E-state index contributed by atoms with van der Waals surface area (Å²) >= 11 is 0. The predicted molar refractivity (Wildman–Crippen MR) is 66.4 cm³/mol. The number of hydrogen-bond acceptors (Lipinski definition) is 3. The van der Waals surface area contributed by atoms with Crippen molar-refractivity contribution >= 4 is 15.7 Å². The first kappa shape index (κ1) is 13.4. The Morgan fingerprint density at radius 3 is 2.42 bits per heavy atom. The van der Waals surface area contributed by atoms with Gasteiger partial charge in [0.1, 0.15) is 0 Å². The molecule has 0 radical (unpaired) electrons. The van der Waals surface area contributed by atoms with Gasteiger partial charge in [0.15, 0.2) is 0 Å². The molecular weight excluding hydrogens is 274 g/mol. The number of alkyl halides is 2. The van der Waals surface area contributed by atoms with Gasteiger partial charge in [-0.2, -0.15) is 0 Å². The van der Waals surface area contributed by atoms with Crippen molar-refractivity contribution in [2.75, 3.05) is 4.72 Å². The number of pyridine rings is 1. The summed E-state index contributed by atoms with van der Waals surface area (Å²) in [7, 11) is -3.79. The number of halogens is 2. The zero-order valence-corrected chi connectivity index (χ0v) is 10.4. The molecule has 4 nitrogen and oxygen atoms in total. The number of hydrogen-bond donors (Lipinski definition) is 1. The molecule has 100 valence electrons. The third-order valence-electron chi connectivity index (χ3n) is 2.32. The van der Waals surface area contributed by atoms with E-state index in [4.69, 9.17) is 0 Å². The van der Waals surface area contributed by atoms with Crippen LogP contribution in [0.1, 0.15) is 12.0 Å². The summed E-state index contributed by atoms with van der Waals surface area (Å²) in [4.78, 5) is 3.63. The van der Waals surface area contributed by atoms with Crippen LogP contribution in [0.15, 0.2) is 53.7 Å². The van der Waals surface area contributed by atoms with E-state index in [2.05, 4.69) is 9.71 Å². The Labute approximate surface area is 109 Å². The number of nitrogens with zero attached hydrogens (tertiary/aromatic N) is 1. The minimum atomic E-state index is -3.79. The van der Waals surface area contributed by atoms with Crippen LogP contribution in [0.3, 0.4) is 0 Å². The highest BCUT2D eigenvalue weighted by Crippen LogP contribution is 2.22. The van der Waals surface area contributed by atoms with E-state index in [1.165, 1.54) is 18.3 Å². The third kappa shape index (κ3) is 3.25. The number of sulfonamides is 1. The maximum atomic E-state index is 12.5. The van der Waals surface area contributed by atoms with Crippen LogP contribution in [-0.4, -0.2) is 13.4 Å². The summed E-state index contributed by atoms with van der Waals surface area (Å²) in [6.07, 6.45) is -0.536. The van der Waals surface area contributed by atoms with Crippen LogP contribution in [0.2, 0.25) is 0 Å². The van der Waals surface area contributed by atoms with Crippen molar-refractivity contribution in [3.63, 3.8) is 0 Å². The molecule has 0 atom stereocenters. The SMILES string of the molecule is O=S(=O)(Nc1cncc(C(F)F)c1)c1ccccc1. The quantitative estimate of drug-likeness (QED) is 0.939. The van der Waals surface area contributed by atoms with Crippen molar-refractivity contribution < 1.29 is 17.2 Å². The van der Waals surface area contributed by atoms with Gasteiger partial charge in [-0.1, -0.05) is 18.2 Å². The van der Waals surface area contributed by atoms with E-state index in [9.17, 15) is 17.2 Å². The molecule has 0 aliphatic rings. The van der Waals surface area contributed by atoms with Gasteiger partial charge in [0.2, 0.25) is 0 Å². The van der Waals surface area contributed by atoms with E-state index in [1.807, 2.05) is 0 Å². The Bertz CT molecular complexity index is 660. The van der Waals surface area contributed by atoms with Crippen molar-refractivity contribution in [2.45, 2.75) is 11.3 Å². The Morgan fingerprint density at radius 1 is 1.11 bits per heavy atom. The molecule has 2 rings (SSSR count). The highest BCUT2D eigenvalue weighted by molar-refractivity contribution is 7.92. The Morgan fingerprint density at radius 2 is 1.79 bits per heavy atom. The monoisotopic (exact) mass is 284 g/mol. The molecule has 19 heavy (non-hydrogen) atoms. The molecular formula is C12H10F2N2O2S. The summed E-state index contributed by atoms with van der Waals surface area (Å²) < 4.78 is 51.1. The zero-order chi connectivity index (χ0) is 13.9. The Kier molecular flexibility index (Phi) is 3.75. The molecule has 0 bridgehead atoms. The molecule has 1 aromatic heterocycles. The molecule has 0 amide bonds. The van der Waals surface area contributed by atoms with Crippen LogP contribution in [-0.2, 0) is 10.0 Å². The van der Waals surface area contributed by atoms with Crippen LogP contribution in [0.5, 0.6) is 0 Å². The highest BCUT2D eigenvalue weighted by Gasteiger charge is 2.15. The average molecular weight is 284 g/mol. The second kappa shape index (κ2) is 5.31. The van der Waals surface area contributed by atoms with Crippen molar-refractivity contribution in [3.8, 4) is 0 Å². The van der Waals surface area contributed by atoms with Crippen LogP contribution < -0.4 is 4.72 Å². The van der Waals surface area contributed by atoms with Crippen LogP contribution >= 0.6 is 0 Å². The molecule has 0 saturated heterocycles. The minimum absolute atomic E-state index is 0.00153. The molecule has 1 N–H and O–H groups in total. The maximum absolute atomic E-state index is 12.5. The van der Waals surface area contributed by atoms with Gasteiger partial charge in [-0.15, -0.1) is 0 Å². The first-order valence-electron chi connectivity index (χ1n) is 5.30. The molecule has 0 aliphatic carbocycles. The molecule has 2 aromatic rings. The maximum Gasteiger partial charge on any atom is 0.265 e. The first-order valence-corrected chi connectivity index (χ1v) is 6.78. The Hall–Kier alpha value is -2.02. The number of benzene rings is 1. The first-order chi connectivity index (χ1) is 8.99. The number of aromatic nitrogens is 1. The average Bonchev–Trinajstić information content (AvgIpc) is 2.39. The lowest BCUT2D eigenvalue weighted by Gasteiger charge is -2.08. The number of anilines is 1. The summed E-state index contributed by atoms with van der Waals surface area (Å²) in [5.41, 5.74) is -0.338. The molecule has 0 unspecified atom stereocenters. The van der Waals surface area contributed by atoms with Crippen molar-refractivity contribution in [2.24, 2.45) is 0 Å². The standard InChI is InChI=1S/C12H10F2N2O2S/c13-12(14)9-6-10(8-15-7-9)16-19(17,18)11-4-2-1-3-5-11/h1-8,12,16H. The van der Waals surface area contributed by atoms with Crippen LogP contribution in [0.25, 0.3) is 0 Å². The van der Waals surface area contributed by atoms with Gasteiger partial charge >= 0.3 is 0 Å². The van der Waals surface area contributed by atoms with E-state index in [0.29, 0.717) is 0 Å². The van der Waals surface area contributed by atoms with E-state index in [1.54, 1.807) is 18.2 Å². The lowest BCUT2D eigenvalue weighted by atomic mass is 10.3. The summed E-state index contributed by atoms with van der Waals surface area (Å²) in [6, 6.07) is 8.69. The number of nitrogens with one attached hydrogen (secondary N) is 1. The van der Waals surface area contributed by atoms with Gasteiger partial charge in [0, 0.05) is 11.8 Å². The third-order valence-corrected chi connectivity index (χ3v) is 3.71. The van der Waals surface area contributed by atoms with E-state index < -0.39 is 16.4 Å². The van der Waals surface area contributed by atoms with Gasteiger partial charge in [0.25, 0.3) is 16.4 Å². The molecule has 0 saturated carbocycles. The summed E-state index contributed by atoms with van der Waals surface area (Å²) in [5, 5.41) is 0. The van der Waals surface area contributed by atoms with Crippen LogP contribution in [0, 0.1) is 0 Å². The molecule has 0 aliphatic heterocycles. The van der Waals surface area contributed by atoms with Crippen molar-refractivity contribution in [3.05, 3.63) is 54.4 Å². The second-order valence-corrected chi connectivity index (χ2v) is 5.41. The second-order valence-electron chi connectivity index (χ2n) is 3.73. The Balaban J connectivity index is 2.29. The smallest absolute Gasteiger partial charge is 0.265 e. The molecule has 1 aromatic carbocycles. The van der Waals surface area contributed by atoms with Crippen LogP contribution in [0.4, 0.5) is 14.5 Å². The van der Waals surface area contributed by atoms with Gasteiger partial charge in [-0.05, 0) is 18.2 Å².